The minimum atomic E-state index is -0.395. The summed E-state index contributed by atoms with van der Waals surface area (Å²) >= 11 is 0. The fourth-order valence-corrected chi connectivity index (χ4v) is 6.22. The van der Waals surface area contributed by atoms with Crippen LogP contribution in [0.25, 0.3) is 10.9 Å². The van der Waals surface area contributed by atoms with Gasteiger partial charge in [-0.2, -0.15) is 0 Å². The number of tetrazole rings is 1. The summed E-state index contributed by atoms with van der Waals surface area (Å²) in [6, 6.07) is 12.7. The third-order valence-electron chi connectivity index (χ3n) is 8.16. The number of H-pyrrole nitrogens is 1. The first-order chi connectivity index (χ1) is 18.9. The van der Waals surface area contributed by atoms with Gasteiger partial charge in [-0.15, -0.1) is 5.10 Å². The van der Waals surface area contributed by atoms with Crippen molar-refractivity contribution in [3.63, 3.8) is 0 Å². The zero-order valence-electron chi connectivity index (χ0n) is 22.2. The first-order valence-corrected chi connectivity index (χ1v) is 13.5. The first kappa shape index (κ1) is 25.2. The average molecular weight is 529 g/mol. The van der Waals surface area contributed by atoms with Crippen molar-refractivity contribution in [1.82, 2.24) is 30.1 Å². The highest BCUT2D eigenvalue weighted by Gasteiger charge is 2.35. The van der Waals surface area contributed by atoms with E-state index in [1.54, 1.807) is 24.3 Å². The highest BCUT2D eigenvalue weighted by atomic mass is 16.6. The number of aryl methyl sites for hydroxylation is 2. The number of aromatic nitrogens is 5. The Hall–Kier alpha value is -4.12. The average Bonchev–Trinajstić information content (AvgIpc) is 3.63. The Morgan fingerprint density at radius 3 is 2.44 bits per heavy atom. The summed E-state index contributed by atoms with van der Waals surface area (Å²) in [5, 5.41) is 25.0. The molecule has 4 aromatic rings. The maximum atomic E-state index is 13.6. The Morgan fingerprint density at radius 2 is 1.74 bits per heavy atom. The molecule has 0 spiro atoms. The molecule has 39 heavy (non-hydrogen) atoms. The molecule has 1 atom stereocenters. The molecule has 6 rings (SSSR count). The van der Waals surface area contributed by atoms with Gasteiger partial charge in [0, 0.05) is 49.6 Å². The van der Waals surface area contributed by atoms with Crippen LogP contribution >= 0.6 is 0 Å². The van der Waals surface area contributed by atoms with E-state index in [0.717, 1.165) is 53.4 Å². The fourth-order valence-electron chi connectivity index (χ4n) is 6.22. The number of non-ortho nitro benzene ring substituents is 1. The molecule has 0 unspecified atom stereocenters. The van der Waals surface area contributed by atoms with Crippen molar-refractivity contribution in [1.29, 1.82) is 0 Å². The molecule has 2 fully saturated rings. The minimum absolute atomic E-state index is 0.0807. The molecule has 202 valence electrons. The molecule has 1 aliphatic carbocycles. The van der Waals surface area contributed by atoms with E-state index in [1.165, 1.54) is 0 Å². The summed E-state index contributed by atoms with van der Waals surface area (Å²) < 4.78 is 1.95. The Morgan fingerprint density at radius 1 is 1.03 bits per heavy atom. The number of anilines is 1. The highest BCUT2D eigenvalue weighted by molar-refractivity contribution is 5.83. The summed E-state index contributed by atoms with van der Waals surface area (Å²) in [5.74, 6) is 0.708. The van der Waals surface area contributed by atoms with Crippen LogP contribution in [0.4, 0.5) is 11.4 Å². The molecule has 2 aromatic heterocycles. The predicted molar refractivity (Wildman–Crippen MR) is 148 cm³/mol. The lowest BCUT2D eigenvalue weighted by Crippen LogP contribution is -2.49. The van der Waals surface area contributed by atoms with Gasteiger partial charge < -0.3 is 9.88 Å². The maximum Gasteiger partial charge on any atom is 0.269 e. The summed E-state index contributed by atoms with van der Waals surface area (Å²) in [6.07, 6.45) is 4.37. The number of nitro groups is 1. The van der Waals surface area contributed by atoms with Crippen LogP contribution in [0, 0.1) is 24.0 Å². The summed E-state index contributed by atoms with van der Waals surface area (Å²) in [7, 11) is 0. The number of nitrogens with zero attached hydrogens (tertiary/aromatic N) is 7. The molecule has 0 radical (unpaired) electrons. The van der Waals surface area contributed by atoms with E-state index in [-0.39, 0.29) is 22.2 Å². The number of pyridine rings is 1. The van der Waals surface area contributed by atoms with Gasteiger partial charge in [0.15, 0.2) is 5.82 Å². The lowest BCUT2D eigenvalue weighted by Gasteiger charge is -2.39. The lowest BCUT2D eigenvalue weighted by molar-refractivity contribution is -0.384. The van der Waals surface area contributed by atoms with Gasteiger partial charge in [0.05, 0.1) is 16.5 Å². The van der Waals surface area contributed by atoms with Crippen LogP contribution in [0.1, 0.15) is 60.3 Å². The van der Waals surface area contributed by atoms with Crippen molar-refractivity contribution in [3.05, 3.63) is 85.4 Å². The fraction of sp³-hybridized carbons (Fsp3) is 0.429. The van der Waals surface area contributed by atoms with Crippen LogP contribution in [0.2, 0.25) is 0 Å². The van der Waals surface area contributed by atoms with E-state index >= 15 is 0 Å². The minimum Gasteiger partial charge on any atom is -0.369 e. The van der Waals surface area contributed by atoms with Crippen molar-refractivity contribution >= 4 is 22.3 Å². The number of rotatable bonds is 6. The number of nitro benzene ring substituents is 1. The van der Waals surface area contributed by atoms with E-state index in [4.69, 9.17) is 0 Å². The Bertz CT molecular complexity index is 1560. The highest BCUT2D eigenvalue weighted by Crippen LogP contribution is 2.35. The van der Waals surface area contributed by atoms with Gasteiger partial charge >= 0.3 is 0 Å². The third-order valence-corrected chi connectivity index (χ3v) is 8.16. The first-order valence-electron chi connectivity index (χ1n) is 13.5. The molecular formula is C28H32N8O3. The second-order valence-corrected chi connectivity index (χ2v) is 10.7. The summed E-state index contributed by atoms with van der Waals surface area (Å²) in [4.78, 5) is 32.0. The van der Waals surface area contributed by atoms with Crippen LogP contribution in [0.5, 0.6) is 0 Å². The molecule has 1 saturated heterocycles. The van der Waals surface area contributed by atoms with Gasteiger partial charge in [-0.25, -0.2) is 4.68 Å². The number of hydrogen-bond donors (Lipinski definition) is 1. The van der Waals surface area contributed by atoms with Crippen LogP contribution < -0.4 is 10.5 Å². The van der Waals surface area contributed by atoms with E-state index in [1.807, 2.05) is 17.7 Å². The van der Waals surface area contributed by atoms with Crippen molar-refractivity contribution < 1.29 is 4.92 Å². The molecule has 1 aliphatic heterocycles. The van der Waals surface area contributed by atoms with Crippen molar-refractivity contribution in [2.75, 3.05) is 31.1 Å². The quantitative estimate of drug-likeness (QED) is 0.293. The van der Waals surface area contributed by atoms with E-state index < -0.39 is 6.04 Å². The largest absolute Gasteiger partial charge is 0.369 e. The summed E-state index contributed by atoms with van der Waals surface area (Å²) in [5.41, 5.74) is 4.58. The predicted octanol–water partition coefficient (Wildman–Crippen LogP) is 4.07. The monoisotopic (exact) mass is 528 g/mol. The molecule has 1 N–H and O–H groups in total. The number of benzene rings is 2. The lowest BCUT2D eigenvalue weighted by atomic mass is 10.00. The van der Waals surface area contributed by atoms with E-state index in [0.29, 0.717) is 37.6 Å². The maximum absolute atomic E-state index is 13.6. The van der Waals surface area contributed by atoms with E-state index in [9.17, 15) is 14.9 Å². The number of nitrogens with one attached hydrogen (secondary N) is 1. The normalized spacial score (nSPS) is 17.6. The zero-order valence-corrected chi connectivity index (χ0v) is 22.2. The molecule has 11 nitrogen and oxygen atoms in total. The van der Waals surface area contributed by atoms with Crippen molar-refractivity contribution in [2.45, 2.75) is 51.6 Å². The van der Waals surface area contributed by atoms with Gasteiger partial charge in [0.25, 0.3) is 11.2 Å². The second kappa shape index (κ2) is 10.2. The van der Waals surface area contributed by atoms with Gasteiger partial charge in [0.2, 0.25) is 0 Å². The molecular weight excluding hydrogens is 496 g/mol. The molecule has 2 aliphatic rings. The number of aromatic amines is 1. The van der Waals surface area contributed by atoms with Crippen LogP contribution in [0.15, 0.2) is 47.3 Å². The van der Waals surface area contributed by atoms with Crippen LogP contribution in [-0.4, -0.2) is 61.2 Å². The van der Waals surface area contributed by atoms with Gasteiger partial charge in [0.1, 0.15) is 6.04 Å². The van der Waals surface area contributed by atoms with Gasteiger partial charge in [-0.3, -0.25) is 19.8 Å². The van der Waals surface area contributed by atoms with Crippen LogP contribution in [0.3, 0.4) is 0 Å². The topological polar surface area (TPSA) is 126 Å². The summed E-state index contributed by atoms with van der Waals surface area (Å²) in [6.45, 7) is 6.87. The Labute approximate surface area is 225 Å². The SMILES string of the molecule is Cc1cc(C)c2[nH]c(=O)c([C@H](c3nnnn3C3CCCC3)N3CCN(c4ccc([N+](=O)[O-])cc4)CC3)cc2c1. The Kier molecular flexibility index (Phi) is 6.59. The second-order valence-electron chi connectivity index (χ2n) is 10.7. The number of fused-ring (bicyclic) bond motifs is 1. The smallest absolute Gasteiger partial charge is 0.269 e. The number of piperazine rings is 1. The molecule has 0 amide bonds. The standard InChI is InChI=1S/C28H32N8O3/c1-18-15-19(2)25-20(16-18)17-24(28(37)29-25)26(27-30-31-32-35(27)22-5-3-4-6-22)34-13-11-33(12-14-34)21-7-9-23(10-8-21)36(38)39/h7-10,15-17,22,26H,3-6,11-14H2,1-2H3,(H,29,37)/t26-/m1/s1. The Balaban J connectivity index is 1.37. The van der Waals surface area contributed by atoms with Gasteiger partial charge in [-0.05, 0) is 72.3 Å². The van der Waals surface area contributed by atoms with Crippen molar-refractivity contribution in [2.24, 2.45) is 0 Å². The zero-order chi connectivity index (χ0) is 27.1. The van der Waals surface area contributed by atoms with E-state index in [2.05, 4.69) is 49.4 Å². The molecule has 3 heterocycles. The molecule has 11 heteroatoms. The molecule has 1 saturated carbocycles. The molecule has 2 aromatic carbocycles. The van der Waals surface area contributed by atoms with Gasteiger partial charge in [-0.1, -0.05) is 24.5 Å². The molecule has 0 bridgehead atoms. The van der Waals surface area contributed by atoms with Crippen LogP contribution in [-0.2, 0) is 0 Å². The number of hydrogen-bond acceptors (Lipinski definition) is 8. The van der Waals surface area contributed by atoms with Crippen molar-refractivity contribution in [3.8, 4) is 0 Å². The third kappa shape index (κ3) is 4.78.